The Bertz CT molecular complexity index is 933. The summed E-state index contributed by atoms with van der Waals surface area (Å²) in [4.78, 5) is 12.4. The molecule has 2 aromatic heterocycles. The van der Waals surface area contributed by atoms with Crippen LogP contribution in [0.25, 0.3) is 11.3 Å². The highest BCUT2D eigenvalue weighted by Crippen LogP contribution is 2.20. The highest BCUT2D eigenvalue weighted by Gasteiger charge is 2.24. The minimum Gasteiger partial charge on any atom is -0.350 e. The molecule has 0 saturated heterocycles. The maximum Gasteiger partial charge on any atom is 0.290 e. The number of nitrogens with zero attached hydrogens (tertiary/aromatic N) is 4. The fraction of sp³-hybridized carbons (Fsp3) is 0.294. The van der Waals surface area contributed by atoms with Crippen LogP contribution in [-0.4, -0.2) is 31.9 Å². The van der Waals surface area contributed by atoms with Crippen LogP contribution in [0.2, 0.25) is 0 Å². The standard InChI is InChI=1S/C17H16FN5O2/c1-10-20-21-16-6-5-13(9-23(10)16)19-17(24)15-8-14(22-25-15)11-3-2-4-12(18)7-11/h2-4,7-8,13H,5-6,9H2,1H3,(H,19,24). The van der Waals surface area contributed by atoms with Gasteiger partial charge < -0.3 is 14.4 Å². The summed E-state index contributed by atoms with van der Waals surface area (Å²) in [6.45, 7) is 2.52. The number of halogens is 1. The number of fused-ring (bicyclic) bond motifs is 1. The lowest BCUT2D eigenvalue weighted by Crippen LogP contribution is -2.41. The lowest BCUT2D eigenvalue weighted by Gasteiger charge is -2.24. The number of benzene rings is 1. The Morgan fingerprint density at radius 1 is 1.36 bits per heavy atom. The van der Waals surface area contributed by atoms with Crippen molar-refractivity contribution in [1.29, 1.82) is 0 Å². The van der Waals surface area contributed by atoms with Gasteiger partial charge in [0.25, 0.3) is 5.91 Å². The van der Waals surface area contributed by atoms with Crippen LogP contribution in [0.15, 0.2) is 34.9 Å². The summed E-state index contributed by atoms with van der Waals surface area (Å²) in [5, 5.41) is 15.0. The number of carbonyl (C=O) groups excluding carboxylic acids is 1. The molecular formula is C17H16FN5O2. The molecule has 0 fully saturated rings. The van der Waals surface area contributed by atoms with E-state index in [1.807, 2.05) is 11.5 Å². The summed E-state index contributed by atoms with van der Waals surface area (Å²) in [5.41, 5.74) is 0.982. The number of nitrogens with one attached hydrogen (secondary N) is 1. The first-order chi connectivity index (χ1) is 12.1. The maximum atomic E-state index is 13.3. The van der Waals surface area contributed by atoms with Crippen molar-refractivity contribution in [3.05, 3.63) is 53.6 Å². The second-order valence-electron chi connectivity index (χ2n) is 6.07. The average molecular weight is 341 g/mol. The normalized spacial score (nSPS) is 16.5. The Labute approximate surface area is 142 Å². The third-order valence-corrected chi connectivity index (χ3v) is 4.32. The minimum atomic E-state index is -0.367. The van der Waals surface area contributed by atoms with Crippen molar-refractivity contribution in [3.63, 3.8) is 0 Å². The van der Waals surface area contributed by atoms with E-state index in [1.165, 1.54) is 18.2 Å². The van der Waals surface area contributed by atoms with Crippen LogP contribution in [0, 0.1) is 12.7 Å². The molecule has 1 amide bonds. The van der Waals surface area contributed by atoms with Gasteiger partial charge in [0.05, 0.1) is 0 Å². The van der Waals surface area contributed by atoms with E-state index >= 15 is 0 Å². The molecule has 0 saturated carbocycles. The lowest BCUT2D eigenvalue weighted by molar-refractivity contribution is 0.0890. The molecule has 1 atom stereocenters. The van der Waals surface area contributed by atoms with Gasteiger partial charge in [-0.15, -0.1) is 10.2 Å². The SMILES string of the molecule is Cc1nnc2n1CC(NC(=O)c1cc(-c3cccc(F)c3)no1)CC2. The fourth-order valence-corrected chi connectivity index (χ4v) is 3.00. The van der Waals surface area contributed by atoms with E-state index in [9.17, 15) is 9.18 Å². The van der Waals surface area contributed by atoms with Gasteiger partial charge in [-0.3, -0.25) is 4.79 Å². The van der Waals surface area contributed by atoms with Crippen LogP contribution in [0.1, 0.15) is 28.6 Å². The molecule has 0 radical (unpaired) electrons. The largest absolute Gasteiger partial charge is 0.350 e. The van der Waals surface area contributed by atoms with Gasteiger partial charge in [-0.25, -0.2) is 4.39 Å². The molecule has 1 aliphatic heterocycles. The smallest absolute Gasteiger partial charge is 0.290 e. The van der Waals surface area contributed by atoms with E-state index in [4.69, 9.17) is 4.52 Å². The lowest BCUT2D eigenvalue weighted by atomic mass is 10.1. The van der Waals surface area contributed by atoms with E-state index in [0.29, 0.717) is 17.8 Å². The van der Waals surface area contributed by atoms with Crippen LogP contribution in [-0.2, 0) is 13.0 Å². The van der Waals surface area contributed by atoms with Crippen LogP contribution in [0.4, 0.5) is 4.39 Å². The predicted molar refractivity (Wildman–Crippen MR) is 86.2 cm³/mol. The van der Waals surface area contributed by atoms with Crippen LogP contribution in [0.3, 0.4) is 0 Å². The molecule has 1 unspecified atom stereocenters. The van der Waals surface area contributed by atoms with E-state index in [1.54, 1.807) is 12.1 Å². The van der Waals surface area contributed by atoms with E-state index in [0.717, 1.165) is 24.5 Å². The predicted octanol–water partition coefficient (Wildman–Crippen LogP) is 2.13. The van der Waals surface area contributed by atoms with Crippen LogP contribution < -0.4 is 5.32 Å². The summed E-state index contributed by atoms with van der Waals surface area (Å²) in [5.74, 6) is 1.17. The van der Waals surface area contributed by atoms with Crippen molar-refractivity contribution in [2.24, 2.45) is 0 Å². The van der Waals surface area contributed by atoms with Crippen molar-refractivity contribution in [2.45, 2.75) is 32.4 Å². The van der Waals surface area contributed by atoms with Gasteiger partial charge in [0.1, 0.15) is 23.2 Å². The summed E-state index contributed by atoms with van der Waals surface area (Å²) in [6, 6.07) is 7.47. The van der Waals surface area contributed by atoms with Gasteiger partial charge in [0, 0.05) is 30.6 Å². The Kier molecular flexibility index (Phi) is 3.79. The molecule has 128 valence electrons. The molecule has 25 heavy (non-hydrogen) atoms. The molecule has 0 bridgehead atoms. The third-order valence-electron chi connectivity index (χ3n) is 4.32. The van der Waals surface area contributed by atoms with Gasteiger partial charge >= 0.3 is 0 Å². The summed E-state index contributed by atoms with van der Waals surface area (Å²) in [6.07, 6.45) is 1.55. The summed E-state index contributed by atoms with van der Waals surface area (Å²) < 4.78 is 20.4. The number of rotatable bonds is 3. The molecule has 0 spiro atoms. The molecule has 1 N–H and O–H groups in total. The molecular weight excluding hydrogens is 325 g/mol. The second kappa shape index (κ2) is 6.12. The van der Waals surface area contributed by atoms with Crippen molar-refractivity contribution in [2.75, 3.05) is 0 Å². The average Bonchev–Trinajstić information content (AvgIpc) is 3.23. The third kappa shape index (κ3) is 3.02. The molecule has 1 aliphatic rings. The second-order valence-corrected chi connectivity index (χ2v) is 6.07. The first-order valence-electron chi connectivity index (χ1n) is 8.02. The molecule has 3 heterocycles. The molecule has 8 heteroatoms. The van der Waals surface area contributed by atoms with Gasteiger partial charge in [0.15, 0.2) is 0 Å². The van der Waals surface area contributed by atoms with Crippen molar-refractivity contribution >= 4 is 5.91 Å². The molecule has 0 aliphatic carbocycles. The zero-order valence-electron chi connectivity index (χ0n) is 13.6. The monoisotopic (exact) mass is 341 g/mol. The van der Waals surface area contributed by atoms with Gasteiger partial charge in [-0.1, -0.05) is 17.3 Å². The first-order valence-corrected chi connectivity index (χ1v) is 8.02. The van der Waals surface area contributed by atoms with Gasteiger partial charge in [-0.2, -0.15) is 0 Å². The van der Waals surface area contributed by atoms with Crippen LogP contribution in [0.5, 0.6) is 0 Å². The maximum absolute atomic E-state index is 13.3. The Balaban J connectivity index is 1.46. The topological polar surface area (TPSA) is 85.8 Å². The quantitative estimate of drug-likeness (QED) is 0.789. The minimum absolute atomic E-state index is 0.0302. The summed E-state index contributed by atoms with van der Waals surface area (Å²) >= 11 is 0. The van der Waals surface area contributed by atoms with Gasteiger partial charge in [-0.05, 0) is 25.5 Å². The van der Waals surface area contributed by atoms with E-state index < -0.39 is 0 Å². The molecule has 3 aromatic rings. The van der Waals surface area contributed by atoms with E-state index in [-0.39, 0.29) is 23.5 Å². The number of aryl methyl sites for hydroxylation is 2. The van der Waals surface area contributed by atoms with Crippen LogP contribution >= 0.6 is 0 Å². The number of aromatic nitrogens is 4. The number of hydrogen-bond acceptors (Lipinski definition) is 5. The van der Waals surface area contributed by atoms with Crippen molar-refractivity contribution < 1.29 is 13.7 Å². The number of carbonyl (C=O) groups is 1. The number of hydrogen-bond donors (Lipinski definition) is 1. The highest BCUT2D eigenvalue weighted by atomic mass is 19.1. The van der Waals surface area contributed by atoms with Gasteiger partial charge in [0.2, 0.25) is 5.76 Å². The van der Waals surface area contributed by atoms with Crippen molar-refractivity contribution in [3.8, 4) is 11.3 Å². The fourth-order valence-electron chi connectivity index (χ4n) is 3.00. The molecule has 7 nitrogen and oxygen atoms in total. The highest BCUT2D eigenvalue weighted by molar-refractivity contribution is 5.92. The zero-order valence-corrected chi connectivity index (χ0v) is 13.6. The number of amides is 1. The van der Waals surface area contributed by atoms with Crippen molar-refractivity contribution in [1.82, 2.24) is 25.2 Å². The Hall–Kier alpha value is -3.03. The first kappa shape index (κ1) is 15.5. The molecule has 1 aromatic carbocycles. The Morgan fingerprint density at radius 3 is 3.08 bits per heavy atom. The van der Waals surface area contributed by atoms with E-state index in [2.05, 4.69) is 20.7 Å². The summed E-state index contributed by atoms with van der Waals surface area (Å²) in [7, 11) is 0. The zero-order chi connectivity index (χ0) is 17.4. The molecule has 4 rings (SSSR count). The Morgan fingerprint density at radius 2 is 2.24 bits per heavy atom.